The minimum atomic E-state index is -0.901. The lowest BCUT2D eigenvalue weighted by Crippen LogP contribution is -2.27. The van der Waals surface area contributed by atoms with Gasteiger partial charge in [0.25, 0.3) is 0 Å². The summed E-state index contributed by atoms with van der Waals surface area (Å²) in [6.45, 7) is 0. The zero-order chi connectivity index (χ0) is 17.6. The summed E-state index contributed by atoms with van der Waals surface area (Å²) in [7, 11) is 0. The first kappa shape index (κ1) is 18.9. The number of halogens is 1. The molecule has 0 spiro atoms. The lowest BCUT2D eigenvalue weighted by Gasteiger charge is -2.37. The minimum absolute atomic E-state index is 0.488. The standard InChI is InChI=1S/C21H27IO3/c22-25-20-12-10-19(11-13-20)18-8-6-17(7-9-18)16-4-1-15(2-5-16)3-14-21(23)24/h1-5,14,17-20H,6-13H2,(H,23,24)/b14-3-. The summed E-state index contributed by atoms with van der Waals surface area (Å²) in [5.41, 5.74) is 2.36. The van der Waals surface area contributed by atoms with Gasteiger partial charge < -0.3 is 8.17 Å². The average molecular weight is 454 g/mol. The van der Waals surface area contributed by atoms with Crippen molar-refractivity contribution in [1.82, 2.24) is 0 Å². The fraction of sp³-hybridized carbons (Fsp3) is 0.571. The lowest BCUT2D eigenvalue weighted by molar-refractivity contribution is -0.131. The van der Waals surface area contributed by atoms with Crippen molar-refractivity contribution in [3.05, 3.63) is 41.5 Å². The van der Waals surface area contributed by atoms with Crippen LogP contribution >= 0.6 is 23.0 Å². The number of aliphatic carboxylic acids is 1. The molecule has 136 valence electrons. The number of carboxylic acid groups (broad SMARTS) is 1. The topological polar surface area (TPSA) is 46.5 Å². The maximum absolute atomic E-state index is 10.6. The molecule has 1 N–H and O–H groups in total. The second-order valence-corrected chi connectivity index (χ2v) is 8.08. The van der Waals surface area contributed by atoms with Gasteiger partial charge in [-0.25, -0.2) is 4.79 Å². The van der Waals surface area contributed by atoms with Crippen LogP contribution in [0, 0.1) is 11.8 Å². The van der Waals surface area contributed by atoms with E-state index >= 15 is 0 Å². The zero-order valence-corrected chi connectivity index (χ0v) is 16.7. The molecular weight excluding hydrogens is 427 g/mol. The van der Waals surface area contributed by atoms with Gasteiger partial charge >= 0.3 is 5.97 Å². The van der Waals surface area contributed by atoms with Crippen molar-refractivity contribution in [2.24, 2.45) is 11.8 Å². The molecule has 25 heavy (non-hydrogen) atoms. The molecule has 1 aromatic rings. The molecular formula is C21H27IO3. The third-order valence-corrected chi connectivity index (χ3v) is 6.83. The highest BCUT2D eigenvalue weighted by atomic mass is 127. The van der Waals surface area contributed by atoms with Crippen LogP contribution in [0.15, 0.2) is 30.3 Å². The van der Waals surface area contributed by atoms with E-state index in [0.29, 0.717) is 12.0 Å². The van der Waals surface area contributed by atoms with E-state index < -0.39 is 5.97 Å². The van der Waals surface area contributed by atoms with Gasteiger partial charge in [0.15, 0.2) is 0 Å². The summed E-state index contributed by atoms with van der Waals surface area (Å²) in [4.78, 5) is 10.6. The molecule has 2 saturated carbocycles. The molecule has 0 aliphatic heterocycles. The van der Waals surface area contributed by atoms with Gasteiger partial charge in [-0.15, -0.1) is 0 Å². The van der Waals surface area contributed by atoms with Crippen LogP contribution in [0.5, 0.6) is 0 Å². The van der Waals surface area contributed by atoms with Gasteiger partial charge in [-0.1, -0.05) is 24.3 Å². The van der Waals surface area contributed by atoms with Gasteiger partial charge in [0.2, 0.25) is 0 Å². The number of carboxylic acids is 1. The predicted octanol–water partition coefficient (Wildman–Crippen LogP) is 5.98. The molecule has 0 amide bonds. The molecule has 0 unspecified atom stereocenters. The largest absolute Gasteiger partial charge is 0.478 e. The number of carbonyl (C=O) groups is 1. The molecule has 2 aliphatic rings. The Kier molecular flexibility index (Phi) is 6.93. The highest BCUT2D eigenvalue weighted by molar-refractivity contribution is 14.1. The molecule has 0 saturated heterocycles. The van der Waals surface area contributed by atoms with Crippen molar-refractivity contribution >= 4 is 35.1 Å². The first-order valence-electron chi connectivity index (χ1n) is 9.44. The van der Waals surface area contributed by atoms with E-state index in [4.69, 9.17) is 8.17 Å². The Morgan fingerprint density at radius 1 is 0.960 bits per heavy atom. The fourth-order valence-corrected chi connectivity index (χ4v) is 5.13. The molecule has 0 radical (unpaired) electrons. The molecule has 2 aliphatic carbocycles. The van der Waals surface area contributed by atoms with Gasteiger partial charge in [0.05, 0.1) is 6.10 Å². The Hall–Kier alpha value is -0.880. The van der Waals surface area contributed by atoms with Crippen molar-refractivity contribution in [2.45, 2.75) is 63.4 Å². The predicted molar refractivity (Wildman–Crippen MR) is 109 cm³/mol. The highest BCUT2D eigenvalue weighted by Gasteiger charge is 2.31. The third kappa shape index (κ3) is 5.30. The highest BCUT2D eigenvalue weighted by Crippen LogP contribution is 2.43. The maximum Gasteiger partial charge on any atom is 0.328 e. The van der Waals surface area contributed by atoms with Crippen LogP contribution in [0.2, 0.25) is 0 Å². The van der Waals surface area contributed by atoms with Gasteiger partial charge in [0.1, 0.15) is 23.0 Å². The number of hydrogen-bond donors (Lipinski definition) is 1. The Bertz CT molecular complexity index is 580. The number of hydrogen-bond acceptors (Lipinski definition) is 2. The molecule has 0 atom stereocenters. The van der Waals surface area contributed by atoms with Gasteiger partial charge in [-0.3, -0.25) is 0 Å². The van der Waals surface area contributed by atoms with E-state index in [0.717, 1.165) is 17.4 Å². The van der Waals surface area contributed by atoms with Crippen LogP contribution in [0.4, 0.5) is 0 Å². The quantitative estimate of drug-likeness (QED) is 0.440. The summed E-state index contributed by atoms with van der Waals surface area (Å²) in [6.07, 6.45) is 13.8. The molecule has 0 aromatic heterocycles. The summed E-state index contributed by atoms with van der Waals surface area (Å²) >= 11 is 2.05. The van der Waals surface area contributed by atoms with E-state index in [1.807, 2.05) is 12.1 Å². The Balaban J connectivity index is 1.50. The van der Waals surface area contributed by atoms with E-state index in [-0.39, 0.29) is 0 Å². The average Bonchev–Trinajstić information content (AvgIpc) is 2.67. The van der Waals surface area contributed by atoms with Crippen LogP contribution < -0.4 is 0 Å². The van der Waals surface area contributed by atoms with Crippen molar-refractivity contribution in [2.75, 3.05) is 0 Å². The first-order chi connectivity index (χ1) is 12.2. The van der Waals surface area contributed by atoms with E-state index in [1.165, 1.54) is 63.0 Å². The first-order valence-corrected chi connectivity index (χ1v) is 10.3. The third-order valence-electron chi connectivity index (χ3n) is 6.11. The molecule has 2 fully saturated rings. The molecule has 3 nitrogen and oxygen atoms in total. The van der Waals surface area contributed by atoms with E-state index in [9.17, 15) is 4.79 Å². The summed E-state index contributed by atoms with van der Waals surface area (Å²) in [5, 5.41) is 8.70. The lowest BCUT2D eigenvalue weighted by atomic mass is 9.69. The monoisotopic (exact) mass is 454 g/mol. The molecule has 4 heteroatoms. The SMILES string of the molecule is O=C(O)/C=C\c1ccc(C2CCC(C3CCC(OI)CC3)CC2)cc1. The summed E-state index contributed by atoms with van der Waals surface area (Å²) in [6, 6.07) is 8.42. The summed E-state index contributed by atoms with van der Waals surface area (Å²) in [5.74, 6) is 1.58. The molecule has 3 rings (SSSR count). The Morgan fingerprint density at radius 3 is 2.04 bits per heavy atom. The van der Waals surface area contributed by atoms with Crippen LogP contribution in [-0.2, 0) is 7.86 Å². The summed E-state index contributed by atoms with van der Waals surface area (Å²) < 4.78 is 5.47. The second kappa shape index (κ2) is 9.17. The van der Waals surface area contributed by atoms with Crippen LogP contribution in [0.25, 0.3) is 6.08 Å². The van der Waals surface area contributed by atoms with Gasteiger partial charge in [-0.05, 0) is 86.3 Å². The van der Waals surface area contributed by atoms with Crippen LogP contribution in [0.3, 0.4) is 0 Å². The normalized spacial score (nSPS) is 30.4. The van der Waals surface area contributed by atoms with Gasteiger partial charge in [-0.2, -0.15) is 0 Å². The van der Waals surface area contributed by atoms with Crippen molar-refractivity contribution in [3.8, 4) is 0 Å². The molecule has 0 heterocycles. The fourth-order valence-electron chi connectivity index (χ4n) is 4.62. The van der Waals surface area contributed by atoms with Crippen LogP contribution in [0.1, 0.15) is 68.4 Å². The van der Waals surface area contributed by atoms with E-state index in [1.54, 1.807) is 6.08 Å². The smallest absolute Gasteiger partial charge is 0.328 e. The molecule has 0 bridgehead atoms. The van der Waals surface area contributed by atoms with Crippen molar-refractivity contribution in [3.63, 3.8) is 0 Å². The van der Waals surface area contributed by atoms with Crippen molar-refractivity contribution in [1.29, 1.82) is 0 Å². The van der Waals surface area contributed by atoms with Gasteiger partial charge in [0, 0.05) is 6.08 Å². The van der Waals surface area contributed by atoms with E-state index in [2.05, 4.69) is 35.1 Å². The Labute approximate surface area is 164 Å². The minimum Gasteiger partial charge on any atom is -0.478 e. The number of benzene rings is 1. The second-order valence-electron chi connectivity index (χ2n) is 7.58. The number of rotatable bonds is 5. The Morgan fingerprint density at radius 2 is 1.52 bits per heavy atom. The maximum atomic E-state index is 10.6. The zero-order valence-electron chi connectivity index (χ0n) is 14.6. The van der Waals surface area contributed by atoms with Crippen LogP contribution in [-0.4, -0.2) is 17.2 Å². The molecule has 1 aromatic carbocycles. The van der Waals surface area contributed by atoms with Crippen molar-refractivity contribution < 1.29 is 13.0 Å².